The van der Waals surface area contributed by atoms with E-state index in [-0.39, 0.29) is 5.02 Å². The number of rotatable bonds is 6. The van der Waals surface area contributed by atoms with Gasteiger partial charge in [-0.05, 0) is 24.3 Å². The molecule has 20 heavy (non-hydrogen) atoms. The number of methoxy groups -OCH3 is 1. The van der Waals surface area contributed by atoms with Gasteiger partial charge in [0.2, 0.25) is 0 Å². The normalized spacial score (nSPS) is 10.2. The SMILES string of the molecule is COc1ccccc1OCCNc1cccc(Cl)c1F. The lowest BCUT2D eigenvalue weighted by molar-refractivity contribution is 0.305. The molecule has 0 radical (unpaired) electrons. The first-order chi connectivity index (χ1) is 9.72. The molecule has 0 unspecified atom stereocenters. The van der Waals surface area contributed by atoms with E-state index in [1.54, 1.807) is 19.2 Å². The van der Waals surface area contributed by atoms with Crippen LogP contribution in [-0.4, -0.2) is 20.3 Å². The van der Waals surface area contributed by atoms with Gasteiger partial charge >= 0.3 is 0 Å². The standard InChI is InChI=1S/C15H15ClFNO2/c1-19-13-7-2-3-8-14(13)20-10-9-18-12-6-4-5-11(16)15(12)17/h2-8,18H,9-10H2,1H3. The molecule has 0 atom stereocenters. The molecule has 0 bridgehead atoms. The third kappa shape index (κ3) is 3.54. The Kier molecular flexibility index (Phi) is 5.07. The predicted molar refractivity (Wildman–Crippen MR) is 78.4 cm³/mol. The van der Waals surface area contributed by atoms with Gasteiger partial charge in [0, 0.05) is 6.54 Å². The van der Waals surface area contributed by atoms with Crippen molar-refractivity contribution >= 4 is 17.3 Å². The van der Waals surface area contributed by atoms with Gasteiger partial charge in [-0.1, -0.05) is 29.8 Å². The van der Waals surface area contributed by atoms with E-state index in [0.717, 1.165) is 0 Å². The Balaban J connectivity index is 1.86. The fourth-order valence-electron chi connectivity index (χ4n) is 1.73. The Morgan fingerprint density at radius 1 is 1.10 bits per heavy atom. The van der Waals surface area contributed by atoms with Crippen molar-refractivity contribution in [1.29, 1.82) is 0 Å². The summed E-state index contributed by atoms with van der Waals surface area (Å²) < 4.78 is 24.4. The molecular formula is C15H15ClFNO2. The summed E-state index contributed by atoms with van der Waals surface area (Å²) in [6.07, 6.45) is 0. The topological polar surface area (TPSA) is 30.5 Å². The van der Waals surface area contributed by atoms with Crippen LogP contribution >= 0.6 is 11.6 Å². The summed E-state index contributed by atoms with van der Waals surface area (Å²) in [7, 11) is 1.59. The smallest absolute Gasteiger partial charge is 0.164 e. The highest BCUT2D eigenvalue weighted by Gasteiger charge is 2.06. The van der Waals surface area contributed by atoms with Gasteiger partial charge in [-0.2, -0.15) is 0 Å². The molecule has 0 saturated heterocycles. The average molecular weight is 296 g/mol. The first-order valence-electron chi connectivity index (χ1n) is 6.16. The number of para-hydroxylation sites is 2. The second-order valence-electron chi connectivity index (χ2n) is 4.03. The fourth-order valence-corrected chi connectivity index (χ4v) is 1.90. The molecule has 0 aliphatic heterocycles. The second-order valence-corrected chi connectivity index (χ2v) is 4.43. The molecule has 5 heteroatoms. The van der Waals surface area contributed by atoms with Gasteiger partial charge in [0.25, 0.3) is 0 Å². The van der Waals surface area contributed by atoms with Crippen molar-refractivity contribution in [2.75, 3.05) is 25.6 Å². The molecular weight excluding hydrogens is 281 g/mol. The Morgan fingerprint density at radius 3 is 2.60 bits per heavy atom. The summed E-state index contributed by atoms with van der Waals surface area (Å²) in [5.41, 5.74) is 0.362. The number of ether oxygens (including phenoxy) is 2. The maximum absolute atomic E-state index is 13.6. The van der Waals surface area contributed by atoms with Crippen LogP contribution < -0.4 is 14.8 Å². The van der Waals surface area contributed by atoms with Crippen LogP contribution in [0, 0.1) is 5.82 Å². The summed E-state index contributed by atoms with van der Waals surface area (Å²) in [5.74, 6) is 0.872. The minimum Gasteiger partial charge on any atom is -0.493 e. The van der Waals surface area contributed by atoms with Gasteiger partial charge < -0.3 is 14.8 Å². The van der Waals surface area contributed by atoms with Crippen molar-refractivity contribution in [3.05, 3.63) is 53.3 Å². The zero-order chi connectivity index (χ0) is 14.4. The first-order valence-corrected chi connectivity index (χ1v) is 6.54. The Labute approximate surface area is 122 Å². The zero-order valence-electron chi connectivity index (χ0n) is 11.0. The van der Waals surface area contributed by atoms with Crippen molar-refractivity contribution in [3.63, 3.8) is 0 Å². The van der Waals surface area contributed by atoms with Crippen molar-refractivity contribution in [3.8, 4) is 11.5 Å². The van der Waals surface area contributed by atoms with E-state index in [1.807, 2.05) is 24.3 Å². The van der Waals surface area contributed by atoms with E-state index in [1.165, 1.54) is 6.07 Å². The maximum atomic E-state index is 13.6. The lowest BCUT2D eigenvalue weighted by Gasteiger charge is -2.12. The van der Waals surface area contributed by atoms with Crippen molar-refractivity contribution in [1.82, 2.24) is 0 Å². The number of halogens is 2. The average Bonchev–Trinajstić information content (AvgIpc) is 2.48. The van der Waals surface area contributed by atoms with Crippen molar-refractivity contribution in [2.24, 2.45) is 0 Å². The molecule has 0 spiro atoms. The van der Waals surface area contributed by atoms with E-state index in [9.17, 15) is 4.39 Å². The highest BCUT2D eigenvalue weighted by molar-refractivity contribution is 6.31. The number of benzene rings is 2. The highest BCUT2D eigenvalue weighted by Crippen LogP contribution is 2.26. The predicted octanol–water partition coefficient (Wildman–Crippen LogP) is 3.98. The van der Waals surface area contributed by atoms with Crippen LogP contribution in [0.2, 0.25) is 5.02 Å². The van der Waals surface area contributed by atoms with Gasteiger partial charge in [-0.25, -0.2) is 4.39 Å². The molecule has 0 heterocycles. The highest BCUT2D eigenvalue weighted by atomic mass is 35.5. The van der Waals surface area contributed by atoms with Gasteiger partial charge in [-0.15, -0.1) is 0 Å². The zero-order valence-corrected chi connectivity index (χ0v) is 11.8. The Morgan fingerprint density at radius 2 is 1.85 bits per heavy atom. The number of hydrogen-bond donors (Lipinski definition) is 1. The molecule has 0 saturated carbocycles. The third-order valence-electron chi connectivity index (χ3n) is 2.70. The molecule has 1 N–H and O–H groups in total. The van der Waals surface area contributed by atoms with Crippen LogP contribution in [0.25, 0.3) is 0 Å². The van der Waals surface area contributed by atoms with Crippen LogP contribution in [0.3, 0.4) is 0 Å². The summed E-state index contributed by atoms with van der Waals surface area (Å²) >= 11 is 5.70. The molecule has 0 amide bonds. The fraction of sp³-hybridized carbons (Fsp3) is 0.200. The molecule has 0 aliphatic rings. The minimum atomic E-state index is -0.452. The third-order valence-corrected chi connectivity index (χ3v) is 2.99. The maximum Gasteiger partial charge on any atom is 0.164 e. The summed E-state index contributed by atoms with van der Waals surface area (Å²) in [5, 5.41) is 3.03. The Hall–Kier alpha value is -1.94. The minimum absolute atomic E-state index is 0.0978. The van der Waals surface area contributed by atoms with Crippen LogP contribution in [0.4, 0.5) is 10.1 Å². The number of anilines is 1. The molecule has 2 rings (SSSR count). The summed E-state index contributed by atoms with van der Waals surface area (Å²) in [4.78, 5) is 0. The van der Waals surface area contributed by atoms with E-state index in [2.05, 4.69) is 5.32 Å². The van der Waals surface area contributed by atoms with E-state index in [0.29, 0.717) is 30.3 Å². The monoisotopic (exact) mass is 295 g/mol. The molecule has 0 aromatic heterocycles. The largest absolute Gasteiger partial charge is 0.493 e. The van der Waals surface area contributed by atoms with Crippen LogP contribution in [0.1, 0.15) is 0 Å². The van der Waals surface area contributed by atoms with Crippen LogP contribution in [-0.2, 0) is 0 Å². The second kappa shape index (κ2) is 7.01. The molecule has 0 aliphatic carbocycles. The van der Waals surface area contributed by atoms with Crippen LogP contribution in [0.5, 0.6) is 11.5 Å². The van der Waals surface area contributed by atoms with Gasteiger partial charge in [0.1, 0.15) is 6.61 Å². The summed E-state index contributed by atoms with van der Waals surface area (Å²) in [6.45, 7) is 0.835. The number of hydrogen-bond acceptors (Lipinski definition) is 3. The van der Waals surface area contributed by atoms with Crippen molar-refractivity contribution in [2.45, 2.75) is 0 Å². The van der Waals surface area contributed by atoms with Gasteiger partial charge in [0.05, 0.1) is 17.8 Å². The summed E-state index contributed by atoms with van der Waals surface area (Å²) in [6, 6.07) is 12.2. The first kappa shape index (κ1) is 14.5. The van der Waals surface area contributed by atoms with E-state index >= 15 is 0 Å². The molecule has 2 aromatic carbocycles. The van der Waals surface area contributed by atoms with E-state index in [4.69, 9.17) is 21.1 Å². The Bertz CT molecular complexity index is 578. The molecule has 3 nitrogen and oxygen atoms in total. The van der Waals surface area contributed by atoms with E-state index < -0.39 is 5.82 Å². The lowest BCUT2D eigenvalue weighted by atomic mass is 10.3. The lowest BCUT2D eigenvalue weighted by Crippen LogP contribution is -2.12. The molecule has 0 fully saturated rings. The van der Waals surface area contributed by atoms with Crippen LogP contribution in [0.15, 0.2) is 42.5 Å². The van der Waals surface area contributed by atoms with Gasteiger partial charge in [0.15, 0.2) is 17.3 Å². The van der Waals surface area contributed by atoms with Gasteiger partial charge in [-0.3, -0.25) is 0 Å². The number of nitrogens with one attached hydrogen (secondary N) is 1. The molecule has 106 valence electrons. The van der Waals surface area contributed by atoms with Crippen molar-refractivity contribution < 1.29 is 13.9 Å². The molecule has 2 aromatic rings. The quantitative estimate of drug-likeness (QED) is 0.818.